The second-order valence-corrected chi connectivity index (χ2v) is 5.30. The van der Waals surface area contributed by atoms with Crippen LogP contribution >= 0.6 is 11.3 Å². The van der Waals surface area contributed by atoms with Gasteiger partial charge in [0.25, 0.3) is 0 Å². The maximum atomic E-state index is 5.74. The molecule has 0 amide bonds. The Morgan fingerprint density at radius 2 is 2.56 bits per heavy atom. The quantitative estimate of drug-likeness (QED) is 0.618. The molecule has 2 rings (SSSR count). The van der Waals surface area contributed by atoms with Crippen LogP contribution in [0.4, 0.5) is 0 Å². The largest absolute Gasteiger partial charge is 0.377 e. The fourth-order valence-corrected chi connectivity index (χ4v) is 2.73. The molecular weight excluding hydrogens is 222 g/mol. The lowest BCUT2D eigenvalue weighted by atomic mass is 9.99. The molecule has 0 spiro atoms. The first kappa shape index (κ1) is 12.0. The summed E-state index contributed by atoms with van der Waals surface area (Å²) < 4.78 is 5.74. The van der Waals surface area contributed by atoms with E-state index in [0.717, 1.165) is 30.2 Å². The normalized spacial score (nSPS) is 23.2. The molecule has 2 atom stereocenters. The van der Waals surface area contributed by atoms with Crippen molar-refractivity contribution in [2.45, 2.75) is 44.8 Å². The van der Waals surface area contributed by atoms with Crippen LogP contribution in [0.1, 0.15) is 30.0 Å². The van der Waals surface area contributed by atoms with Gasteiger partial charge in [0.1, 0.15) is 0 Å². The first-order valence-electron chi connectivity index (χ1n) is 5.78. The predicted octanol–water partition coefficient (Wildman–Crippen LogP) is 1.40. The number of aromatic nitrogens is 1. The molecule has 0 radical (unpaired) electrons. The van der Waals surface area contributed by atoms with Gasteiger partial charge in [-0.05, 0) is 26.2 Å². The molecular formula is C11H19N3OS. The minimum atomic E-state index is 0.182. The summed E-state index contributed by atoms with van der Waals surface area (Å²) in [6.45, 7) is 2.88. The summed E-state index contributed by atoms with van der Waals surface area (Å²) in [5.74, 6) is 5.60. The van der Waals surface area contributed by atoms with Crippen molar-refractivity contribution < 1.29 is 4.74 Å². The van der Waals surface area contributed by atoms with E-state index in [4.69, 9.17) is 10.6 Å². The van der Waals surface area contributed by atoms with Crippen LogP contribution in [0, 0.1) is 6.92 Å². The van der Waals surface area contributed by atoms with Gasteiger partial charge >= 0.3 is 0 Å². The van der Waals surface area contributed by atoms with Gasteiger partial charge in [-0.1, -0.05) is 0 Å². The summed E-state index contributed by atoms with van der Waals surface area (Å²) in [5.41, 5.74) is 3.98. The lowest BCUT2D eigenvalue weighted by molar-refractivity contribution is -0.00760. The van der Waals surface area contributed by atoms with Crippen LogP contribution < -0.4 is 11.3 Å². The topological polar surface area (TPSA) is 60.2 Å². The number of nitrogens with one attached hydrogen (secondary N) is 1. The van der Waals surface area contributed by atoms with E-state index in [9.17, 15) is 0 Å². The molecule has 1 aromatic rings. The van der Waals surface area contributed by atoms with Gasteiger partial charge in [0, 0.05) is 18.4 Å². The highest BCUT2D eigenvalue weighted by molar-refractivity contribution is 7.09. The lowest BCUT2D eigenvalue weighted by Crippen LogP contribution is -2.47. The molecule has 0 saturated carbocycles. The third-order valence-corrected chi connectivity index (χ3v) is 3.80. The van der Waals surface area contributed by atoms with Crippen molar-refractivity contribution in [3.05, 3.63) is 16.1 Å². The number of thiazole rings is 1. The average molecular weight is 241 g/mol. The number of ether oxygens (including phenoxy) is 1. The summed E-state index contributed by atoms with van der Waals surface area (Å²) in [5, 5.41) is 3.21. The highest BCUT2D eigenvalue weighted by Gasteiger charge is 2.24. The van der Waals surface area contributed by atoms with Crippen molar-refractivity contribution in [1.82, 2.24) is 10.4 Å². The first-order valence-corrected chi connectivity index (χ1v) is 6.66. The molecule has 5 heteroatoms. The minimum Gasteiger partial charge on any atom is -0.377 e. The van der Waals surface area contributed by atoms with E-state index in [1.54, 1.807) is 11.3 Å². The van der Waals surface area contributed by atoms with Crippen LogP contribution in [0.2, 0.25) is 0 Å². The van der Waals surface area contributed by atoms with E-state index in [1.807, 2.05) is 6.92 Å². The second-order valence-electron chi connectivity index (χ2n) is 4.24. The Hall–Kier alpha value is -0.490. The van der Waals surface area contributed by atoms with Crippen LogP contribution in [-0.2, 0) is 11.2 Å². The maximum Gasteiger partial charge on any atom is 0.0897 e. The van der Waals surface area contributed by atoms with Crippen molar-refractivity contribution in [3.63, 3.8) is 0 Å². The Morgan fingerprint density at radius 1 is 1.69 bits per heavy atom. The number of hydrazine groups is 1. The molecule has 3 N–H and O–H groups in total. The van der Waals surface area contributed by atoms with Gasteiger partial charge in [-0.2, -0.15) is 0 Å². The standard InChI is InChI=1S/C11H19N3OS/c1-8-13-9(7-16-8)6-10(14-12)11-4-2-3-5-15-11/h7,10-11,14H,2-6,12H2,1H3. The zero-order valence-electron chi connectivity index (χ0n) is 9.61. The number of hydrogen-bond acceptors (Lipinski definition) is 5. The van der Waals surface area contributed by atoms with Gasteiger partial charge in [0.05, 0.1) is 22.8 Å². The van der Waals surface area contributed by atoms with Crippen LogP contribution in [0.25, 0.3) is 0 Å². The molecule has 2 heterocycles. The van der Waals surface area contributed by atoms with Gasteiger partial charge in [-0.25, -0.2) is 4.98 Å². The summed E-state index contributed by atoms with van der Waals surface area (Å²) in [7, 11) is 0. The zero-order valence-corrected chi connectivity index (χ0v) is 10.4. The van der Waals surface area contributed by atoms with Gasteiger partial charge < -0.3 is 4.74 Å². The Labute approximate surface area is 100 Å². The Bertz CT molecular complexity index is 323. The van der Waals surface area contributed by atoms with Crippen LogP contribution in [0.3, 0.4) is 0 Å². The third-order valence-electron chi connectivity index (χ3n) is 2.97. The third kappa shape index (κ3) is 3.01. The fraction of sp³-hybridized carbons (Fsp3) is 0.727. The first-order chi connectivity index (χ1) is 7.79. The fourth-order valence-electron chi connectivity index (χ4n) is 2.11. The Kier molecular flexibility index (Phi) is 4.29. The van der Waals surface area contributed by atoms with Crippen molar-refractivity contribution in [1.29, 1.82) is 0 Å². The molecule has 1 saturated heterocycles. The molecule has 1 aromatic heterocycles. The molecule has 1 aliphatic heterocycles. The Morgan fingerprint density at radius 3 is 3.12 bits per heavy atom. The molecule has 0 aromatic carbocycles. The molecule has 1 aliphatic rings. The average Bonchev–Trinajstić information content (AvgIpc) is 2.73. The monoisotopic (exact) mass is 241 g/mol. The SMILES string of the molecule is Cc1nc(CC(NN)C2CCCCO2)cs1. The van der Waals surface area contributed by atoms with Crippen molar-refractivity contribution in [2.75, 3.05) is 6.61 Å². The predicted molar refractivity (Wildman–Crippen MR) is 65.3 cm³/mol. The van der Waals surface area contributed by atoms with Gasteiger partial charge in [0.15, 0.2) is 0 Å². The van der Waals surface area contributed by atoms with E-state index in [0.29, 0.717) is 0 Å². The number of nitrogens with zero attached hydrogens (tertiary/aromatic N) is 1. The number of aryl methyl sites for hydroxylation is 1. The van der Waals surface area contributed by atoms with Crippen molar-refractivity contribution >= 4 is 11.3 Å². The summed E-state index contributed by atoms with van der Waals surface area (Å²) in [6, 6.07) is 0.182. The van der Waals surface area contributed by atoms with Crippen LogP contribution in [-0.4, -0.2) is 23.7 Å². The minimum absolute atomic E-state index is 0.182. The van der Waals surface area contributed by atoms with E-state index in [2.05, 4.69) is 15.8 Å². The number of nitrogens with two attached hydrogens (primary N) is 1. The van der Waals surface area contributed by atoms with Crippen LogP contribution in [0.5, 0.6) is 0 Å². The molecule has 4 nitrogen and oxygen atoms in total. The molecule has 0 aliphatic carbocycles. The van der Waals surface area contributed by atoms with Crippen molar-refractivity contribution in [2.24, 2.45) is 5.84 Å². The number of hydrogen-bond donors (Lipinski definition) is 2. The highest BCUT2D eigenvalue weighted by Crippen LogP contribution is 2.19. The lowest BCUT2D eigenvalue weighted by Gasteiger charge is -2.29. The smallest absolute Gasteiger partial charge is 0.0897 e. The van der Waals surface area contributed by atoms with E-state index in [-0.39, 0.29) is 12.1 Å². The summed E-state index contributed by atoms with van der Waals surface area (Å²) >= 11 is 1.68. The van der Waals surface area contributed by atoms with Gasteiger partial charge in [-0.15, -0.1) is 11.3 Å². The molecule has 2 unspecified atom stereocenters. The zero-order chi connectivity index (χ0) is 11.4. The van der Waals surface area contributed by atoms with E-state index in [1.165, 1.54) is 12.8 Å². The van der Waals surface area contributed by atoms with Gasteiger partial charge in [0.2, 0.25) is 0 Å². The highest BCUT2D eigenvalue weighted by atomic mass is 32.1. The van der Waals surface area contributed by atoms with E-state index < -0.39 is 0 Å². The Balaban J connectivity index is 1.94. The van der Waals surface area contributed by atoms with Crippen LogP contribution in [0.15, 0.2) is 5.38 Å². The summed E-state index contributed by atoms with van der Waals surface area (Å²) in [4.78, 5) is 4.46. The summed E-state index contributed by atoms with van der Waals surface area (Å²) in [6.07, 6.45) is 4.59. The number of rotatable bonds is 4. The maximum absolute atomic E-state index is 5.74. The molecule has 16 heavy (non-hydrogen) atoms. The molecule has 90 valence electrons. The second kappa shape index (κ2) is 5.72. The van der Waals surface area contributed by atoms with Crippen molar-refractivity contribution in [3.8, 4) is 0 Å². The van der Waals surface area contributed by atoms with E-state index >= 15 is 0 Å². The van der Waals surface area contributed by atoms with Gasteiger partial charge in [-0.3, -0.25) is 11.3 Å². The molecule has 0 bridgehead atoms. The molecule has 1 fully saturated rings.